The number of sulfonamides is 1. The molecule has 1 atom stereocenters. The van der Waals surface area contributed by atoms with Crippen LogP contribution in [0.4, 0.5) is 5.69 Å². The summed E-state index contributed by atoms with van der Waals surface area (Å²) in [7, 11) is -2.54. The van der Waals surface area contributed by atoms with E-state index in [0.29, 0.717) is 10.9 Å². The van der Waals surface area contributed by atoms with Crippen molar-refractivity contribution in [2.45, 2.75) is 31.2 Å². The first-order valence-electron chi connectivity index (χ1n) is 6.73. The van der Waals surface area contributed by atoms with Crippen molar-refractivity contribution in [1.29, 1.82) is 0 Å². The standard InChI is InChI=1S/C13H20BrN3O4S.ClH/c1-9(2)11(15)6-7-16(3)22(20,21)13-5-4-10(14)8-12(13)17(18)19;/h4-5,8-9,11H,6-7,15H2,1-3H3;1H. The van der Waals surface area contributed by atoms with Crippen LogP contribution in [-0.2, 0) is 10.0 Å². The second kappa shape index (κ2) is 8.93. The number of nitro benzene ring substituents is 1. The first kappa shape index (κ1) is 22.3. The van der Waals surface area contributed by atoms with Crippen LogP contribution in [-0.4, -0.2) is 37.3 Å². The average molecular weight is 431 g/mol. The minimum absolute atomic E-state index is 0. The number of hydrogen-bond acceptors (Lipinski definition) is 5. The van der Waals surface area contributed by atoms with Gasteiger partial charge in [-0.05, 0) is 24.5 Å². The fraction of sp³-hybridized carbons (Fsp3) is 0.538. The van der Waals surface area contributed by atoms with Crippen LogP contribution < -0.4 is 5.73 Å². The van der Waals surface area contributed by atoms with Gasteiger partial charge in [0.15, 0.2) is 4.90 Å². The van der Waals surface area contributed by atoms with Gasteiger partial charge in [-0.25, -0.2) is 12.7 Å². The summed E-state index contributed by atoms with van der Waals surface area (Å²) >= 11 is 3.10. The molecule has 0 aliphatic carbocycles. The second-order valence-electron chi connectivity index (χ2n) is 5.39. The van der Waals surface area contributed by atoms with Gasteiger partial charge in [0.1, 0.15) is 0 Å². The Morgan fingerprint density at radius 2 is 1.96 bits per heavy atom. The largest absolute Gasteiger partial charge is 0.327 e. The smallest absolute Gasteiger partial charge is 0.290 e. The highest BCUT2D eigenvalue weighted by molar-refractivity contribution is 9.10. The lowest BCUT2D eigenvalue weighted by Gasteiger charge is -2.21. The van der Waals surface area contributed by atoms with Crippen molar-refractivity contribution in [3.05, 3.63) is 32.8 Å². The Hall–Kier alpha value is -0.740. The molecule has 0 bridgehead atoms. The van der Waals surface area contributed by atoms with Crippen molar-refractivity contribution in [1.82, 2.24) is 4.31 Å². The van der Waals surface area contributed by atoms with E-state index in [1.165, 1.54) is 25.2 Å². The first-order chi connectivity index (χ1) is 10.1. The lowest BCUT2D eigenvalue weighted by molar-refractivity contribution is -0.387. The summed E-state index contributed by atoms with van der Waals surface area (Å²) < 4.78 is 26.6. The maximum absolute atomic E-state index is 12.5. The number of rotatable bonds is 7. The summed E-state index contributed by atoms with van der Waals surface area (Å²) in [5, 5.41) is 11.1. The van der Waals surface area contributed by atoms with Crippen molar-refractivity contribution in [2.24, 2.45) is 11.7 Å². The third-order valence-electron chi connectivity index (χ3n) is 3.44. The van der Waals surface area contributed by atoms with Crippen LogP contribution in [0.2, 0.25) is 0 Å². The number of nitrogens with zero attached hydrogens (tertiary/aromatic N) is 2. The molecule has 2 N–H and O–H groups in total. The summed E-state index contributed by atoms with van der Waals surface area (Å²) in [4.78, 5) is 10.1. The van der Waals surface area contributed by atoms with E-state index in [1.54, 1.807) is 0 Å². The summed E-state index contributed by atoms with van der Waals surface area (Å²) in [6, 6.07) is 3.75. The minimum Gasteiger partial charge on any atom is -0.327 e. The van der Waals surface area contributed by atoms with Crippen LogP contribution in [0.3, 0.4) is 0 Å². The zero-order chi connectivity index (χ0) is 17.1. The van der Waals surface area contributed by atoms with Gasteiger partial charge < -0.3 is 5.73 Å². The zero-order valence-electron chi connectivity index (χ0n) is 13.1. The zero-order valence-corrected chi connectivity index (χ0v) is 16.3. The summed E-state index contributed by atoms with van der Waals surface area (Å²) in [6.07, 6.45) is 0.484. The topological polar surface area (TPSA) is 107 Å². The third kappa shape index (κ3) is 5.68. The molecule has 0 aliphatic heterocycles. The Balaban J connectivity index is 0.00000484. The van der Waals surface area contributed by atoms with Crippen molar-refractivity contribution >= 4 is 44.0 Å². The summed E-state index contributed by atoms with van der Waals surface area (Å²) in [5.74, 6) is 0.234. The van der Waals surface area contributed by atoms with E-state index in [0.717, 1.165) is 4.31 Å². The molecule has 0 amide bonds. The van der Waals surface area contributed by atoms with E-state index in [9.17, 15) is 18.5 Å². The molecule has 0 spiro atoms. The van der Waals surface area contributed by atoms with E-state index in [2.05, 4.69) is 15.9 Å². The normalized spacial score (nSPS) is 13.0. The van der Waals surface area contributed by atoms with Crippen molar-refractivity contribution in [2.75, 3.05) is 13.6 Å². The fourth-order valence-electron chi connectivity index (χ4n) is 1.80. The molecule has 0 fully saturated rings. The Labute approximate surface area is 151 Å². The van der Waals surface area contributed by atoms with Gasteiger partial charge in [0.2, 0.25) is 10.0 Å². The van der Waals surface area contributed by atoms with E-state index in [-0.39, 0.29) is 35.8 Å². The van der Waals surface area contributed by atoms with Gasteiger partial charge in [-0.1, -0.05) is 29.8 Å². The quantitative estimate of drug-likeness (QED) is 0.529. The number of benzene rings is 1. The van der Waals surface area contributed by atoms with Crippen LogP contribution in [0, 0.1) is 16.0 Å². The maximum atomic E-state index is 12.5. The molecule has 0 heterocycles. The molecule has 1 aromatic carbocycles. The molecule has 0 aliphatic rings. The molecule has 1 unspecified atom stereocenters. The number of nitro groups is 1. The molecule has 132 valence electrons. The van der Waals surface area contributed by atoms with Gasteiger partial charge >= 0.3 is 0 Å². The fourth-order valence-corrected chi connectivity index (χ4v) is 3.47. The van der Waals surface area contributed by atoms with E-state index >= 15 is 0 Å². The number of nitrogens with two attached hydrogens (primary N) is 1. The molecular formula is C13H21BrClN3O4S. The highest BCUT2D eigenvalue weighted by Gasteiger charge is 2.29. The molecule has 7 nitrogen and oxygen atoms in total. The SMILES string of the molecule is CC(C)C(N)CCN(C)S(=O)(=O)c1ccc(Br)cc1[N+](=O)[O-].Cl. The average Bonchev–Trinajstić information content (AvgIpc) is 2.43. The van der Waals surface area contributed by atoms with Gasteiger partial charge in [-0.15, -0.1) is 12.4 Å². The highest BCUT2D eigenvalue weighted by Crippen LogP contribution is 2.29. The molecule has 1 aromatic rings. The van der Waals surface area contributed by atoms with E-state index in [1.807, 2.05) is 13.8 Å². The molecule has 0 aromatic heterocycles. The Bertz CT molecular complexity index is 655. The second-order valence-corrected chi connectivity index (χ2v) is 8.32. The third-order valence-corrected chi connectivity index (χ3v) is 5.84. The molecule has 0 saturated heterocycles. The van der Waals surface area contributed by atoms with Gasteiger partial charge in [0.25, 0.3) is 5.69 Å². The van der Waals surface area contributed by atoms with Gasteiger partial charge in [0.05, 0.1) is 4.92 Å². The van der Waals surface area contributed by atoms with Crippen molar-refractivity contribution in [3.63, 3.8) is 0 Å². The van der Waals surface area contributed by atoms with E-state index in [4.69, 9.17) is 5.73 Å². The number of hydrogen-bond donors (Lipinski definition) is 1. The van der Waals surface area contributed by atoms with Crippen LogP contribution in [0.15, 0.2) is 27.6 Å². The van der Waals surface area contributed by atoms with Crippen LogP contribution in [0.1, 0.15) is 20.3 Å². The molecule has 10 heteroatoms. The van der Waals surface area contributed by atoms with Gasteiger partial charge in [-0.3, -0.25) is 10.1 Å². The number of halogens is 2. The Morgan fingerprint density at radius 3 is 2.43 bits per heavy atom. The monoisotopic (exact) mass is 429 g/mol. The summed E-state index contributed by atoms with van der Waals surface area (Å²) in [5.41, 5.74) is 5.46. The van der Waals surface area contributed by atoms with Gasteiger partial charge in [0, 0.05) is 30.2 Å². The molecule has 23 heavy (non-hydrogen) atoms. The lowest BCUT2D eigenvalue weighted by atomic mass is 10.0. The Kier molecular flexibility index (Phi) is 8.64. The molecule has 1 rings (SSSR count). The predicted molar refractivity (Wildman–Crippen MR) is 95.3 cm³/mol. The highest BCUT2D eigenvalue weighted by atomic mass is 79.9. The summed E-state index contributed by atoms with van der Waals surface area (Å²) in [6.45, 7) is 4.12. The van der Waals surface area contributed by atoms with Crippen molar-refractivity contribution < 1.29 is 13.3 Å². The molecule has 0 saturated carbocycles. The predicted octanol–water partition coefficient (Wildman–Crippen LogP) is 2.77. The minimum atomic E-state index is -3.94. The van der Waals surface area contributed by atoms with Gasteiger partial charge in [-0.2, -0.15) is 0 Å². The Morgan fingerprint density at radius 1 is 1.39 bits per heavy atom. The van der Waals surface area contributed by atoms with Crippen LogP contribution in [0.25, 0.3) is 0 Å². The van der Waals surface area contributed by atoms with Crippen molar-refractivity contribution in [3.8, 4) is 0 Å². The van der Waals surface area contributed by atoms with E-state index < -0.39 is 20.6 Å². The molecular weight excluding hydrogens is 410 g/mol. The van der Waals surface area contributed by atoms with Crippen LogP contribution >= 0.6 is 28.3 Å². The lowest BCUT2D eigenvalue weighted by Crippen LogP contribution is -2.34. The van der Waals surface area contributed by atoms with Crippen LogP contribution in [0.5, 0.6) is 0 Å². The first-order valence-corrected chi connectivity index (χ1v) is 8.96. The molecule has 0 radical (unpaired) electrons. The maximum Gasteiger partial charge on any atom is 0.290 e.